The van der Waals surface area contributed by atoms with Crippen LogP contribution in [0, 0.1) is 16.2 Å². The summed E-state index contributed by atoms with van der Waals surface area (Å²) in [4.78, 5) is 11.2. The van der Waals surface area contributed by atoms with Gasteiger partial charge < -0.3 is 4.74 Å². The Morgan fingerprint density at radius 1 is 1.47 bits per heavy atom. The van der Waals surface area contributed by atoms with Gasteiger partial charge in [-0.15, -0.1) is 11.8 Å². The molecule has 0 amide bonds. The molecule has 0 saturated heterocycles. The number of benzene rings is 1. The normalized spacial score (nSPS) is 10.4. The van der Waals surface area contributed by atoms with Crippen molar-refractivity contribution in [3.05, 3.63) is 34.4 Å². The molecule has 1 rings (SSSR count). The number of ether oxygens (including phenoxy) is 1. The molecule has 0 N–H and O–H groups in total. The van der Waals surface area contributed by atoms with Gasteiger partial charge in [0.2, 0.25) is 0 Å². The van der Waals surface area contributed by atoms with Gasteiger partial charge in [-0.05, 0) is 32.2 Å². The van der Waals surface area contributed by atoms with E-state index in [0.717, 1.165) is 4.90 Å². The van der Waals surface area contributed by atoms with Crippen LogP contribution in [-0.2, 0) is 0 Å². The molecule has 0 aliphatic rings. The van der Waals surface area contributed by atoms with E-state index in [1.807, 2.05) is 6.26 Å². The molecule has 15 heavy (non-hydrogen) atoms. The Morgan fingerprint density at radius 2 is 2.13 bits per heavy atom. The highest BCUT2D eigenvalue weighted by Crippen LogP contribution is 2.32. The molecule has 1 aromatic rings. The van der Waals surface area contributed by atoms with Crippen molar-refractivity contribution in [2.75, 3.05) is 6.26 Å². The molecule has 0 aliphatic heterocycles. The first-order valence-electron chi connectivity index (χ1n) is 4.35. The molecule has 0 saturated carbocycles. The third kappa shape index (κ3) is 3.13. The SMILES string of the molecule is CSc1ccc(O[C](C)C)c([N+](=O)[O-])c1. The van der Waals surface area contributed by atoms with Gasteiger partial charge in [0.15, 0.2) is 5.75 Å². The zero-order chi connectivity index (χ0) is 11.4. The quantitative estimate of drug-likeness (QED) is 0.449. The number of hydrogen-bond acceptors (Lipinski definition) is 4. The van der Waals surface area contributed by atoms with Crippen LogP contribution in [0.4, 0.5) is 5.69 Å². The average molecular weight is 226 g/mol. The van der Waals surface area contributed by atoms with E-state index in [2.05, 4.69) is 0 Å². The van der Waals surface area contributed by atoms with E-state index in [0.29, 0.717) is 6.10 Å². The Morgan fingerprint density at radius 3 is 2.60 bits per heavy atom. The maximum atomic E-state index is 10.8. The molecular weight excluding hydrogens is 214 g/mol. The van der Waals surface area contributed by atoms with Gasteiger partial charge in [0.25, 0.3) is 0 Å². The van der Waals surface area contributed by atoms with Crippen LogP contribution in [0.2, 0.25) is 0 Å². The van der Waals surface area contributed by atoms with Crippen LogP contribution in [0.25, 0.3) is 0 Å². The molecular formula is C10H12NO3S. The minimum Gasteiger partial charge on any atom is -0.477 e. The molecule has 81 valence electrons. The second-order valence-electron chi connectivity index (χ2n) is 3.10. The van der Waals surface area contributed by atoms with E-state index >= 15 is 0 Å². The Bertz CT molecular complexity index is 366. The van der Waals surface area contributed by atoms with Gasteiger partial charge in [-0.25, -0.2) is 0 Å². The Balaban J connectivity index is 3.09. The van der Waals surface area contributed by atoms with Gasteiger partial charge in [-0.3, -0.25) is 10.1 Å². The molecule has 1 aromatic carbocycles. The number of thioether (sulfide) groups is 1. The molecule has 0 spiro atoms. The summed E-state index contributed by atoms with van der Waals surface area (Å²) < 4.78 is 5.27. The first kappa shape index (κ1) is 11.8. The van der Waals surface area contributed by atoms with E-state index in [9.17, 15) is 10.1 Å². The molecule has 4 nitrogen and oxygen atoms in total. The van der Waals surface area contributed by atoms with Gasteiger partial charge in [0.1, 0.15) is 6.10 Å². The monoisotopic (exact) mass is 226 g/mol. The van der Waals surface area contributed by atoms with Crippen molar-refractivity contribution in [2.24, 2.45) is 0 Å². The van der Waals surface area contributed by atoms with Crippen molar-refractivity contribution in [3.63, 3.8) is 0 Å². The molecule has 0 heterocycles. The molecule has 5 heteroatoms. The van der Waals surface area contributed by atoms with Crippen molar-refractivity contribution in [1.29, 1.82) is 0 Å². The summed E-state index contributed by atoms with van der Waals surface area (Å²) in [5.41, 5.74) is 0.00282. The summed E-state index contributed by atoms with van der Waals surface area (Å²) in [5, 5.41) is 10.8. The highest BCUT2D eigenvalue weighted by molar-refractivity contribution is 7.98. The van der Waals surface area contributed by atoms with E-state index in [4.69, 9.17) is 4.74 Å². The van der Waals surface area contributed by atoms with E-state index in [1.165, 1.54) is 17.8 Å². The summed E-state index contributed by atoms with van der Waals surface area (Å²) in [6.07, 6.45) is 2.55. The third-order valence-corrected chi connectivity index (χ3v) is 2.40. The predicted octanol–water partition coefficient (Wildman–Crippen LogP) is 3.27. The van der Waals surface area contributed by atoms with Crippen LogP contribution in [-0.4, -0.2) is 11.2 Å². The van der Waals surface area contributed by atoms with Crippen LogP contribution in [0.1, 0.15) is 13.8 Å². The van der Waals surface area contributed by atoms with Crippen LogP contribution in [0.15, 0.2) is 23.1 Å². The Hall–Kier alpha value is -1.23. The van der Waals surface area contributed by atoms with Crippen molar-refractivity contribution in [1.82, 2.24) is 0 Å². The highest BCUT2D eigenvalue weighted by atomic mass is 32.2. The zero-order valence-electron chi connectivity index (χ0n) is 8.81. The minimum atomic E-state index is -0.433. The summed E-state index contributed by atoms with van der Waals surface area (Å²) >= 11 is 1.46. The van der Waals surface area contributed by atoms with E-state index < -0.39 is 4.92 Å². The van der Waals surface area contributed by atoms with E-state index in [-0.39, 0.29) is 11.4 Å². The van der Waals surface area contributed by atoms with Gasteiger partial charge in [0, 0.05) is 11.0 Å². The lowest BCUT2D eigenvalue weighted by atomic mass is 10.3. The van der Waals surface area contributed by atoms with Crippen molar-refractivity contribution in [2.45, 2.75) is 18.7 Å². The van der Waals surface area contributed by atoms with Crippen molar-refractivity contribution >= 4 is 17.4 Å². The largest absolute Gasteiger partial charge is 0.477 e. The second kappa shape index (κ2) is 5.02. The molecule has 0 aromatic heterocycles. The van der Waals surface area contributed by atoms with Crippen LogP contribution >= 0.6 is 11.8 Å². The molecule has 1 radical (unpaired) electrons. The lowest BCUT2D eigenvalue weighted by Gasteiger charge is -2.09. The van der Waals surface area contributed by atoms with Crippen LogP contribution in [0.3, 0.4) is 0 Å². The number of nitro groups is 1. The Labute approximate surface area is 92.8 Å². The van der Waals surface area contributed by atoms with Gasteiger partial charge >= 0.3 is 5.69 Å². The molecule has 0 atom stereocenters. The van der Waals surface area contributed by atoms with E-state index in [1.54, 1.807) is 26.0 Å². The number of nitro benzene ring substituents is 1. The second-order valence-corrected chi connectivity index (χ2v) is 3.98. The smallest absolute Gasteiger partial charge is 0.312 e. The standard InChI is InChI=1S/C10H12NO3S/c1-7(2)14-10-5-4-8(15-3)6-9(10)11(12)13/h4-6H,1-3H3. The first-order chi connectivity index (χ1) is 7.04. The van der Waals surface area contributed by atoms with Crippen LogP contribution in [0.5, 0.6) is 5.75 Å². The number of rotatable bonds is 4. The summed E-state index contributed by atoms with van der Waals surface area (Å²) in [6, 6.07) is 4.94. The van der Waals surface area contributed by atoms with Crippen molar-refractivity contribution in [3.8, 4) is 5.75 Å². The fourth-order valence-electron chi connectivity index (χ4n) is 1.07. The van der Waals surface area contributed by atoms with Crippen molar-refractivity contribution < 1.29 is 9.66 Å². The van der Waals surface area contributed by atoms with Gasteiger partial charge in [0.05, 0.1) is 4.92 Å². The first-order valence-corrected chi connectivity index (χ1v) is 5.57. The fraction of sp³-hybridized carbons (Fsp3) is 0.300. The predicted molar refractivity (Wildman–Crippen MR) is 60.1 cm³/mol. The average Bonchev–Trinajstić information content (AvgIpc) is 2.17. The maximum absolute atomic E-state index is 10.8. The molecule has 0 aliphatic carbocycles. The topological polar surface area (TPSA) is 52.4 Å². The van der Waals surface area contributed by atoms with Gasteiger partial charge in [-0.1, -0.05) is 0 Å². The lowest BCUT2D eigenvalue weighted by molar-refractivity contribution is -0.386. The lowest BCUT2D eigenvalue weighted by Crippen LogP contribution is -2.00. The Kier molecular flexibility index (Phi) is 3.96. The molecule has 0 unspecified atom stereocenters. The fourth-order valence-corrected chi connectivity index (χ4v) is 1.51. The summed E-state index contributed by atoms with van der Waals surface area (Å²) in [5.74, 6) is 0.290. The number of nitrogens with zero attached hydrogens (tertiary/aromatic N) is 1. The maximum Gasteiger partial charge on any atom is 0.312 e. The van der Waals surface area contributed by atoms with Crippen LogP contribution < -0.4 is 4.74 Å². The zero-order valence-corrected chi connectivity index (χ0v) is 9.63. The highest BCUT2D eigenvalue weighted by Gasteiger charge is 2.16. The molecule has 0 bridgehead atoms. The summed E-state index contributed by atoms with van der Waals surface area (Å²) in [7, 11) is 0. The summed E-state index contributed by atoms with van der Waals surface area (Å²) in [6.45, 7) is 3.51. The molecule has 0 fully saturated rings. The third-order valence-electron chi connectivity index (χ3n) is 1.68. The minimum absolute atomic E-state index is 0.00282. The number of hydrogen-bond donors (Lipinski definition) is 0. The van der Waals surface area contributed by atoms with Gasteiger partial charge in [-0.2, -0.15) is 0 Å².